The molecule has 18 heavy (non-hydrogen) atoms. The molecule has 1 aromatic rings. The summed E-state index contributed by atoms with van der Waals surface area (Å²) >= 11 is 2.00. The summed E-state index contributed by atoms with van der Waals surface area (Å²) in [6.07, 6.45) is 5.78. The lowest BCUT2D eigenvalue weighted by Gasteiger charge is -2.29. The van der Waals surface area contributed by atoms with Gasteiger partial charge in [-0.2, -0.15) is 5.26 Å². The van der Waals surface area contributed by atoms with Crippen LogP contribution in [0, 0.1) is 11.3 Å². The molecule has 2 aliphatic rings. The first-order chi connectivity index (χ1) is 8.56. The fourth-order valence-corrected chi connectivity index (χ4v) is 3.16. The van der Waals surface area contributed by atoms with Crippen LogP contribution >= 0.6 is 22.9 Å². The predicted molar refractivity (Wildman–Crippen MR) is 77.7 cm³/mol. The second-order valence-corrected chi connectivity index (χ2v) is 5.65. The molecule has 0 saturated heterocycles. The Morgan fingerprint density at radius 2 is 2.33 bits per heavy atom. The van der Waals surface area contributed by atoms with Crippen LogP contribution in [0.2, 0.25) is 0 Å². The first-order valence-corrected chi connectivity index (χ1v) is 6.53. The Labute approximate surface area is 118 Å². The zero-order chi connectivity index (χ0) is 12.9. The SMILES string of the molecule is CC12C=C(C#N)C=CC1Nc1c2ccc(=O)n1I. The van der Waals surface area contributed by atoms with Gasteiger partial charge >= 0.3 is 0 Å². The van der Waals surface area contributed by atoms with E-state index in [0.717, 1.165) is 11.4 Å². The van der Waals surface area contributed by atoms with Gasteiger partial charge in [-0.3, -0.25) is 4.79 Å². The lowest BCUT2D eigenvalue weighted by atomic mass is 9.75. The van der Waals surface area contributed by atoms with E-state index in [9.17, 15) is 4.79 Å². The van der Waals surface area contributed by atoms with E-state index < -0.39 is 0 Å². The number of allylic oxidation sites excluding steroid dienone is 2. The minimum atomic E-state index is -0.268. The molecule has 0 amide bonds. The third-order valence-electron chi connectivity index (χ3n) is 3.61. The Morgan fingerprint density at radius 1 is 1.56 bits per heavy atom. The molecule has 2 atom stereocenters. The minimum absolute atomic E-state index is 0.0439. The van der Waals surface area contributed by atoms with Gasteiger partial charge < -0.3 is 5.32 Å². The van der Waals surface area contributed by atoms with Crippen molar-refractivity contribution in [2.75, 3.05) is 5.32 Å². The number of hydrogen-bond donors (Lipinski definition) is 1. The second kappa shape index (κ2) is 3.72. The van der Waals surface area contributed by atoms with Crippen molar-refractivity contribution in [1.29, 1.82) is 5.26 Å². The predicted octanol–water partition coefficient (Wildman–Crippen LogP) is 2.12. The molecular weight excluding hydrogens is 341 g/mol. The average Bonchev–Trinajstić information content (AvgIpc) is 2.66. The standard InChI is InChI=1S/C13H10IN3O/c1-13-6-8(7-15)2-4-10(13)16-12-9(13)3-5-11(18)17(12)14/h2-6,10,16H,1H3. The number of aromatic nitrogens is 1. The summed E-state index contributed by atoms with van der Waals surface area (Å²) in [7, 11) is 0. The molecule has 90 valence electrons. The average molecular weight is 351 g/mol. The van der Waals surface area contributed by atoms with Gasteiger partial charge in [0.25, 0.3) is 5.56 Å². The smallest absolute Gasteiger partial charge is 0.261 e. The van der Waals surface area contributed by atoms with Crippen molar-refractivity contribution in [3.05, 3.63) is 51.9 Å². The Bertz CT molecular complexity index is 695. The number of anilines is 1. The topological polar surface area (TPSA) is 57.8 Å². The van der Waals surface area contributed by atoms with E-state index in [1.165, 1.54) is 0 Å². The third-order valence-corrected chi connectivity index (χ3v) is 4.57. The fraction of sp³-hybridized carbons (Fsp3) is 0.231. The van der Waals surface area contributed by atoms with Crippen molar-refractivity contribution in [3.8, 4) is 6.07 Å². The van der Waals surface area contributed by atoms with Gasteiger partial charge in [-0.05, 0) is 19.1 Å². The molecule has 3 rings (SSSR count). The summed E-state index contributed by atoms with van der Waals surface area (Å²) in [5, 5.41) is 12.4. The van der Waals surface area contributed by atoms with Crippen LogP contribution < -0.4 is 10.9 Å². The molecule has 0 spiro atoms. The van der Waals surface area contributed by atoms with Gasteiger partial charge in [0, 0.05) is 22.6 Å². The molecule has 0 aromatic carbocycles. The summed E-state index contributed by atoms with van der Waals surface area (Å²) in [6.45, 7) is 2.08. The molecule has 2 unspecified atom stereocenters. The maximum atomic E-state index is 11.6. The largest absolute Gasteiger partial charge is 0.363 e. The van der Waals surface area contributed by atoms with Crippen molar-refractivity contribution >= 4 is 28.7 Å². The van der Waals surface area contributed by atoms with Crippen LogP contribution in [-0.2, 0) is 5.41 Å². The van der Waals surface area contributed by atoms with Gasteiger partial charge in [0.2, 0.25) is 0 Å². The van der Waals surface area contributed by atoms with E-state index in [4.69, 9.17) is 5.26 Å². The van der Waals surface area contributed by atoms with Crippen LogP contribution in [0.5, 0.6) is 0 Å². The summed E-state index contributed by atoms with van der Waals surface area (Å²) in [5.74, 6) is 0.829. The van der Waals surface area contributed by atoms with Crippen LogP contribution in [0.4, 0.5) is 5.82 Å². The number of nitrogens with one attached hydrogen (secondary N) is 1. The molecule has 5 heteroatoms. The Morgan fingerprint density at radius 3 is 3.06 bits per heavy atom. The molecule has 0 bridgehead atoms. The van der Waals surface area contributed by atoms with Crippen molar-refractivity contribution in [2.45, 2.75) is 18.4 Å². The van der Waals surface area contributed by atoms with Gasteiger partial charge in [-0.25, -0.2) is 2.78 Å². The Kier molecular flexibility index (Phi) is 2.38. The van der Waals surface area contributed by atoms with Gasteiger partial charge in [0.05, 0.1) is 35.0 Å². The highest BCUT2D eigenvalue weighted by molar-refractivity contribution is 14.1. The zero-order valence-electron chi connectivity index (χ0n) is 9.64. The number of nitrogens with zero attached hydrogens (tertiary/aromatic N) is 2. The highest BCUT2D eigenvalue weighted by Gasteiger charge is 2.43. The van der Waals surface area contributed by atoms with E-state index in [1.54, 1.807) is 8.85 Å². The van der Waals surface area contributed by atoms with E-state index in [-0.39, 0.29) is 17.0 Å². The molecule has 1 N–H and O–H groups in total. The van der Waals surface area contributed by atoms with E-state index in [1.807, 2.05) is 47.2 Å². The molecule has 0 saturated carbocycles. The number of fused-ring (bicyclic) bond motifs is 3. The van der Waals surface area contributed by atoms with E-state index >= 15 is 0 Å². The lowest BCUT2D eigenvalue weighted by Crippen LogP contribution is -2.34. The normalized spacial score (nSPS) is 27.8. The van der Waals surface area contributed by atoms with Gasteiger partial charge in [-0.15, -0.1) is 0 Å². The molecule has 0 radical (unpaired) electrons. The van der Waals surface area contributed by atoms with Gasteiger partial charge in [0.1, 0.15) is 5.82 Å². The van der Waals surface area contributed by atoms with Crippen LogP contribution in [0.25, 0.3) is 0 Å². The number of rotatable bonds is 0. The molecule has 2 heterocycles. The molecule has 1 aliphatic heterocycles. The zero-order valence-corrected chi connectivity index (χ0v) is 11.8. The Hall–Kier alpha value is -1.55. The lowest BCUT2D eigenvalue weighted by molar-refractivity contribution is 0.576. The van der Waals surface area contributed by atoms with Gasteiger partial charge in [0.15, 0.2) is 0 Å². The van der Waals surface area contributed by atoms with E-state index in [2.05, 4.69) is 18.3 Å². The number of hydrogen-bond acceptors (Lipinski definition) is 3. The van der Waals surface area contributed by atoms with Crippen molar-refractivity contribution in [2.24, 2.45) is 0 Å². The van der Waals surface area contributed by atoms with Gasteiger partial charge in [-0.1, -0.05) is 12.2 Å². The number of halogens is 1. The summed E-state index contributed by atoms with van der Waals surface area (Å²) in [6, 6.07) is 5.68. The molecule has 0 fully saturated rings. The summed E-state index contributed by atoms with van der Waals surface area (Å²) in [4.78, 5) is 11.6. The molecule has 4 nitrogen and oxygen atoms in total. The van der Waals surface area contributed by atoms with Crippen molar-refractivity contribution < 1.29 is 0 Å². The quantitative estimate of drug-likeness (QED) is 0.729. The van der Waals surface area contributed by atoms with Crippen LogP contribution in [-0.4, -0.2) is 8.82 Å². The van der Waals surface area contributed by atoms with Crippen LogP contribution in [0.3, 0.4) is 0 Å². The molecule has 1 aromatic heterocycles. The maximum absolute atomic E-state index is 11.6. The fourth-order valence-electron chi connectivity index (χ4n) is 2.60. The highest BCUT2D eigenvalue weighted by atomic mass is 127. The molecule has 1 aliphatic carbocycles. The van der Waals surface area contributed by atoms with Crippen molar-refractivity contribution in [1.82, 2.24) is 2.78 Å². The minimum Gasteiger partial charge on any atom is -0.363 e. The van der Waals surface area contributed by atoms with Crippen LogP contribution in [0.1, 0.15) is 12.5 Å². The van der Waals surface area contributed by atoms with Crippen LogP contribution in [0.15, 0.2) is 40.7 Å². The third kappa shape index (κ3) is 1.38. The summed E-state index contributed by atoms with van der Waals surface area (Å²) < 4.78 is 1.59. The first-order valence-electron chi connectivity index (χ1n) is 5.56. The first kappa shape index (κ1) is 11.5. The highest BCUT2D eigenvalue weighted by Crippen LogP contribution is 2.44. The number of pyridine rings is 1. The number of nitriles is 1. The van der Waals surface area contributed by atoms with Crippen molar-refractivity contribution in [3.63, 3.8) is 0 Å². The summed E-state index contributed by atoms with van der Waals surface area (Å²) in [5.41, 5.74) is 1.40. The second-order valence-electron chi connectivity index (χ2n) is 4.69. The Balaban J connectivity index is 2.26. The molecular formula is C13H10IN3O. The maximum Gasteiger partial charge on any atom is 0.261 e. The monoisotopic (exact) mass is 351 g/mol. The van der Waals surface area contributed by atoms with E-state index in [0.29, 0.717) is 5.57 Å².